The molecule has 2 bridgehead atoms. The summed E-state index contributed by atoms with van der Waals surface area (Å²) in [6, 6.07) is 0. The molecular weight excluding hydrogens is 198 g/mol. The first-order valence-electron chi connectivity index (χ1n) is 5.31. The number of ether oxygens (including phenoxy) is 1. The fourth-order valence-corrected chi connectivity index (χ4v) is 3.04. The molecule has 0 radical (unpaired) electrons. The van der Waals surface area contributed by atoms with E-state index in [0.29, 0.717) is 12.2 Å². The summed E-state index contributed by atoms with van der Waals surface area (Å²) in [5.41, 5.74) is 8.97. The fraction of sp³-hybridized carbons (Fsp3) is 0.818. The van der Waals surface area contributed by atoms with E-state index in [9.17, 15) is 0 Å². The molecule has 0 aromatic carbocycles. The summed E-state index contributed by atoms with van der Waals surface area (Å²) >= 11 is 5.71. The highest BCUT2D eigenvalue weighted by molar-refractivity contribution is 6.25. The summed E-state index contributed by atoms with van der Waals surface area (Å²) in [5, 5.41) is 0. The van der Waals surface area contributed by atoms with Crippen molar-refractivity contribution in [2.45, 2.75) is 44.8 Å². The molecule has 14 heavy (non-hydrogen) atoms. The Morgan fingerprint density at radius 1 is 1.64 bits per heavy atom. The maximum atomic E-state index is 5.91. The summed E-state index contributed by atoms with van der Waals surface area (Å²) in [6.07, 6.45) is 5.36. The van der Waals surface area contributed by atoms with Gasteiger partial charge in [0, 0.05) is 17.5 Å². The lowest BCUT2D eigenvalue weighted by Gasteiger charge is -2.34. The fourth-order valence-electron chi connectivity index (χ4n) is 2.96. The van der Waals surface area contributed by atoms with Gasteiger partial charge in [-0.05, 0) is 32.6 Å². The van der Waals surface area contributed by atoms with Crippen LogP contribution in [0, 0.1) is 5.41 Å². The van der Waals surface area contributed by atoms with Crippen LogP contribution in [-0.2, 0) is 4.74 Å². The Balaban J connectivity index is 2.11. The number of hydrogen-bond donors (Lipinski definition) is 1. The summed E-state index contributed by atoms with van der Waals surface area (Å²) < 4.78 is 5.87. The van der Waals surface area contributed by atoms with Crippen molar-refractivity contribution in [3.05, 3.63) is 11.1 Å². The van der Waals surface area contributed by atoms with E-state index in [-0.39, 0.29) is 5.41 Å². The molecule has 0 aromatic rings. The average molecular weight is 216 g/mol. The quantitative estimate of drug-likeness (QED) is 0.785. The summed E-state index contributed by atoms with van der Waals surface area (Å²) in [6.45, 7) is 2.78. The van der Waals surface area contributed by atoms with E-state index in [0.717, 1.165) is 19.4 Å². The van der Waals surface area contributed by atoms with Gasteiger partial charge in [-0.25, -0.2) is 0 Å². The molecule has 2 nitrogen and oxygen atoms in total. The van der Waals surface area contributed by atoms with Crippen molar-refractivity contribution in [2.75, 3.05) is 6.54 Å². The third-order valence-electron chi connectivity index (χ3n) is 3.65. The Labute approximate surface area is 90.4 Å². The predicted octanol–water partition coefficient (Wildman–Crippen LogP) is 2.42. The standard InChI is InChI=1S/C11H18ClNO/c1-8(6-12)4-11(7-13)5-9-2-3-10(11)14-9/h6,9-10H,2-5,7,13H2,1H3/b8-6+. The zero-order chi connectivity index (χ0) is 10.2. The van der Waals surface area contributed by atoms with Gasteiger partial charge >= 0.3 is 0 Å². The van der Waals surface area contributed by atoms with Gasteiger partial charge in [-0.1, -0.05) is 17.2 Å². The zero-order valence-electron chi connectivity index (χ0n) is 8.63. The lowest BCUT2D eigenvalue weighted by atomic mass is 9.70. The topological polar surface area (TPSA) is 35.2 Å². The van der Waals surface area contributed by atoms with E-state index in [1.165, 1.54) is 18.4 Å². The van der Waals surface area contributed by atoms with Gasteiger partial charge in [0.2, 0.25) is 0 Å². The molecule has 0 spiro atoms. The SMILES string of the molecule is C/C(=C\Cl)CC1(CN)CC2CCC1O2. The third kappa shape index (κ3) is 1.60. The van der Waals surface area contributed by atoms with Crippen LogP contribution in [0.15, 0.2) is 11.1 Å². The lowest BCUT2D eigenvalue weighted by Crippen LogP contribution is -2.39. The second-order valence-corrected chi connectivity index (χ2v) is 4.95. The second-order valence-electron chi connectivity index (χ2n) is 4.73. The smallest absolute Gasteiger partial charge is 0.0652 e. The molecule has 80 valence electrons. The number of nitrogens with two attached hydrogens (primary N) is 1. The number of halogens is 1. The Morgan fingerprint density at radius 2 is 2.43 bits per heavy atom. The highest BCUT2D eigenvalue weighted by atomic mass is 35.5. The van der Waals surface area contributed by atoms with Crippen molar-refractivity contribution in [3.63, 3.8) is 0 Å². The van der Waals surface area contributed by atoms with Crippen LogP contribution in [0.2, 0.25) is 0 Å². The molecule has 3 atom stereocenters. The van der Waals surface area contributed by atoms with E-state index in [1.807, 2.05) is 0 Å². The monoisotopic (exact) mass is 215 g/mol. The van der Waals surface area contributed by atoms with Gasteiger partial charge in [-0.3, -0.25) is 0 Å². The maximum absolute atomic E-state index is 5.91. The van der Waals surface area contributed by atoms with Crippen LogP contribution in [0.25, 0.3) is 0 Å². The van der Waals surface area contributed by atoms with Crippen molar-refractivity contribution in [1.29, 1.82) is 0 Å². The number of fused-ring (bicyclic) bond motifs is 2. The largest absolute Gasteiger partial charge is 0.374 e. The van der Waals surface area contributed by atoms with Crippen LogP contribution in [0.4, 0.5) is 0 Å². The van der Waals surface area contributed by atoms with E-state index >= 15 is 0 Å². The first-order valence-corrected chi connectivity index (χ1v) is 5.75. The molecule has 2 aliphatic heterocycles. The predicted molar refractivity (Wildman–Crippen MR) is 58.2 cm³/mol. The first-order chi connectivity index (χ1) is 6.70. The minimum absolute atomic E-state index is 0.179. The Hall–Kier alpha value is -0.0500. The molecule has 3 heteroatoms. The normalized spacial score (nSPS) is 42.1. The molecule has 3 unspecified atom stereocenters. The number of hydrogen-bond acceptors (Lipinski definition) is 2. The van der Waals surface area contributed by atoms with E-state index < -0.39 is 0 Å². The van der Waals surface area contributed by atoms with Crippen LogP contribution in [0.3, 0.4) is 0 Å². The van der Waals surface area contributed by atoms with Crippen molar-refractivity contribution in [3.8, 4) is 0 Å². The van der Waals surface area contributed by atoms with E-state index in [1.54, 1.807) is 5.54 Å². The molecule has 2 heterocycles. The highest BCUT2D eigenvalue weighted by Crippen LogP contribution is 2.50. The molecule has 2 rings (SSSR count). The molecule has 2 fully saturated rings. The third-order valence-corrected chi connectivity index (χ3v) is 4.02. The number of rotatable bonds is 3. The van der Waals surface area contributed by atoms with Gasteiger partial charge < -0.3 is 10.5 Å². The highest BCUT2D eigenvalue weighted by Gasteiger charge is 2.51. The summed E-state index contributed by atoms with van der Waals surface area (Å²) in [5.74, 6) is 0. The van der Waals surface area contributed by atoms with Gasteiger partial charge in [0.05, 0.1) is 12.2 Å². The average Bonchev–Trinajstić information content (AvgIpc) is 2.77. The van der Waals surface area contributed by atoms with Gasteiger partial charge in [-0.2, -0.15) is 0 Å². The zero-order valence-corrected chi connectivity index (χ0v) is 9.39. The van der Waals surface area contributed by atoms with Crippen LogP contribution in [0.1, 0.15) is 32.6 Å². The minimum atomic E-state index is 0.179. The Bertz CT molecular complexity index is 254. The molecule has 2 aliphatic rings. The molecule has 0 aromatic heterocycles. The van der Waals surface area contributed by atoms with Crippen LogP contribution >= 0.6 is 11.6 Å². The van der Waals surface area contributed by atoms with Crippen molar-refractivity contribution in [1.82, 2.24) is 0 Å². The molecule has 2 N–H and O–H groups in total. The van der Waals surface area contributed by atoms with Gasteiger partial charge in [0.15, 0.2) is 0 Å². The lowest BCUT2D eigenvalue weighted by molar-refractivity contribution is 0.0636. The van der Waals surface area contributed by atoms with Crippen molar-refractivity contribution >= 4 is 11.6 Å². The van der Waals surface area contributed by atoms with Crippen molar-refractivity contribution < 1.29 is 4.74 Å². The van der Waals surface area contributed by atoms with Crippen LogP contribution in [0.5, 0.6) is 0 Å². The van der Waals surface area contributed by atoms with E-state index in [2.05, 4.69) is 6.92 Å². The van der Waals surface area contributed by atoms with Gasteiger partial charge in [-0.15, -0.1) is 0 Å². The van der Waals surface area contributed by atoms with Crippen LogP contribution < -0.4 is 5.73 Å². The molecule has 2 saturated heterocycles. The summed E-state index contributed by atoms with van der Waals surface area (Å²) in [4.78, 5) is 0. The molecular formula is C11H18ClNO. The van der Waals surface area contributed by atoms with E-state index in [4.69, 9.17) is 22.1 Å². The second kappa shape index (κ2) is 3.84. The molecule has 0 saturated carbocycles. The molecule has 0 amide bonds. The maximum Gasteiger partial charge on any atom is 0.0652 e. The first kappa shape index (κ1) is 10.5. The van der Waals surface area contributed by atoms with Crippen LogP contribution in [-0.4, -0.2) is 18.8 Å². The van der Waals surface area contributed by atoms with Crippen molar-refractivity contribution in [2.24, 2.45) is 11.1 Å². The minimum Gasteiger partial charge on any atom is -0.374 e. The molecule has 0 aliphatic carbocycles. The Kier molecular flexibility index (Phi) is 2.87. The Morgan fingerprint density at radius 3 is 2.86 bits per heavy atom. The summed E-state index contributed by atoms with van der Waals surface area (Å²) in [7, 11) is 0. The van der Waals surface area contributed by atoms with Gasteiger partial charge in [0.1, 0.15) is 0 Å². The van der Waals surface area contributed by atoms with Gasteiger partial charge in [0.25, 0.3) is 0 Å². The number of allylic oxidation sites excluding steroid dienone is 1.